The summed E-state index contributed by atoms with van der Waals surface area (Å²) < 4.78 is 11.6. The Morgan fingerprint density at radius 1 is 0.412 bits per heavy atom. The van der Waals surface area contributed by atoms with Crippen LogP contribution in [0.25, 0.3) is 107 Å². The molecule has 0 amide bonds. The van der Waals surface area contributed by atoms with Gasteiger partial charge in [0, 0.05) is 56.9 Å². The molecule has 11 aromatic rings. The zero-order valence-electron chi connectivity index (χ0n) is 27.1. The third-order valence-corrected chi connectivity index (χ3v) is 12.4. The number of aromatic nitrogens is 2. The van der Waals surface area contributed by atoms with E-state index < -0.39 is 0 Å². The molecule has 0 unspecified atom stereocenters. The molecule has 0 atom stereocenters. The predicted molar refractivity (Wildman–Crippen MR) is 217 cm³/mol. The third kappa shape index (κ3) is 4.49. The van der Waals surface area contributed by atoms with Crippen molar-refractivity contribution in [3.63, 3.8) is 0 Å². The summed E-state index contributed by atoms with van der Waals surface area (Å²) in [5.74, 6) is 0.702. The van der Waals surface area contributed by atoms with Gasteiger partial charge in [-0.3, -0.25) is 0 Å². The van der Waals surface area contributed by atoms with Gasteiger partial charge in [-0.1, -0.05) is 127 Å². The van der Waals surface area contributed by atoms with Crippen LogP contribution in [-0.2, 0) is 0 Å². The summed E-state index contributed by atoms with van der Waals surface area (Å²) >= 11 is 3.60. The Morgan fingerprint density at radius 2 is 0.961 bits per heavy atom. The molecule has 0 bridgehead atoms. The fourth-order valence-electron chi connectivity index (χ4n) is 7.47. The van der Waals surface area contributed by atoms with E-state index in [4.69, 9.17) is 14.4 Å². The summed E-state index contributed by atoms with van der Waals surface area (Å²) in [6.45, 7) is 0. The van der Waals surface area contributed by atoms with Gasteiger partial charge in [0.05, 0.1) is 0 Å². The SMILES string of the molecule is c1ccc(-c2ccc(-c3ccc4oc5c(-c6cccc7c6sc6ccccc67)nc(-c6cccc7c6sc6ccccc67)nc5c4c3)cc2)cc1. The maximum Gasteiger partial charge on any atom is 0.180 e. The molecule has 0 saturated carbocycles. The van der Waals surface area contributed by atoms with Crippen molar-refractivity contribution in [2.75, 3.05) is 0 Å². The van der Waals surface area contributed by atoms with Crippen molar-refractivity contribution in [2.24, 2.45) is 0 Å². The van der Waals surface area contributed by atoms with E-state index in [2.05, 4.69) is 158 Å². The van der Waals surface area contributed by atoms with Crippen molar-refractivity contribution in [3.8, 4) is 44.9 Å². The number of benzene rings is 7. The fourth-order valence-corrected chi connectivity index (χ4v) is 9.90. The van der Waals surface area contributed by atoms with Gasteiger partial charge >= 0.3 is 0 Å². The number of rotatable bonds is 4. The lowest BCUT2D eigenvalue weighted by atomic mass is 9.99. The van der Waals surface area contributed by atoms with Gasteiger partial charge in [0.2, 0.25) is 0 Å². The number of fused-ring (bicyclic) bond motifs is 9. The van der Waals surface area contributed by atoms with Gasteiger partial charge in [0.1, 0.15) is 16.8 Å². The Morgan fingerprint density at radius 3 is 1.67 bits per heavy atom. The van der Waals surface area contributed by atoms with Crippen molar-refractivity contribution < 1.29 is 4.42 Å². The van der Waals surface area contributed by atoms with E-state index in [1.54, 1.807) is 22.7 Å². The largest absolute Gasteiger partial charge is 0.452 e. The minimum absolute atomic E-state index is 0.702. The molecule has 238 valence electrons. The molecule has 4 heterocycles. The Bertz CT molecular complexity index is 3130. The molecule has 11 rings (SSSR count). The fraction of sp³-hybridized carbons (Fsp3) is 0. The average Bonchev–Trinajstić information content (AvgIpc) is 3.89. The maximum atomic E-state index is 6.74. The zero-order valence-corrected chi connectivity index (χ0v) is 28.8. The number of hydrogen-bond donors (Lipinski definition) is 0. The number of thiophene rings is 2. The first-order valence-electron chi connectivity index (χ1n) is 17.0. The van der Waals surface area contributed by atoms with Gasteiger partial charge in [0.15, 0.2) is 11.4 Å². The van der Waals surface area contributed by atoms with Crippen LogP contribution in [0.4, 0.5) is 0 Å². The van der Waals surface area contributed by atoms with E-state index in [9.17, 15) is 0 Å². The monoisotopic (exact) mass is 686 g/mol. The molecule has 0 fully saturated rings. The van der Waals surface area contributed by atoms with Gasteiger partial charge in [-0.25, -0.2) is 9.97 Å². The molecule has 0 aliphatic carbocycles. The normalized spacial score (nSPS) is 11.9. The summed E-state index contributed by atoms with van der Waals surface area (Å²) in [6, 6.07) is 56.0. The second kappa shape index (κ2) is 11.2. The first-order chi connectivity index (χ1) is 25.3. The van der Waals surface area contributed by atoms with Gasteiger partial charge in [-0.2, -0.15) is 0 Å². The highest BCUT2D eigenvalue weighted by Gasteiger charge is 2.22. The van der Waals surface area contributed by atoms with Crippen LogP contribution in [0.1, 0.15) is 0 Å². The molecule has 0 saturated heterocycles. The molecule has 0 aliphatic rings. The van der Waals surface area contributed by atoms with E-state index in [1.807, 2.05) is 0 Å². The van der Waals surface area contributed by atoms with Crippen LogP contribution in [0, 0.1) is 0 Å². The molecular formula is C46H26N2OS2. The third-order valence-electron chi connectivity index (χ3n) is 9.94. The van der Waals surface area contributed by atoms with Gasteiger partial charge in [0.25, 0.3) is 0 Å². The second-order valence-electron chi connectivity index (χ2n) is 12.9. The molecule has 3 nitrogen and oxygen atoms in total. The van der Waals surface area contributed by atoms with Crippen LogP contribution in [-0.4, -0.2) is 9.97 Å². The molecule has 0 aliphatic heterocycles. The van der Waals surface area contributed by atoms with E-state index in [0.717, 1.165) is 44.4 Å². The molecule has 5 heteroatoms. The van der Waals surface area contributed by atoms with Gasteiger partial charge in [-0.15, -0.1) is 22.7 Å². The molecule has 4 aromatic heterocycles. The zero-order chi connectivity index (χ0) is 33.5. The van der Waals surface area contributed by atoms with Crippen LogP contribution in [0.2, 0.25) is 0 Å². The second-order valence-corrected chi connectivity index (χ2v) is 15.0. The van der Waals surface area contributed by atoms with E-state index in [1.165, 1.54) is 51.5 Å². The topological polar surface area (TPSA) is 38.9 Å². The summed E-state index contributed by atoms with van der Waals surface area (Å²) in [6.07, 6.45) is 0. The summed E-state index contributed by atoms with van der Waals surface area (Å²) in [5.41, 5.74) is 9.89. The maximum absolute atomic E-state index is 6.74. The van der Waals surface area contributed by atoms with Crippen LogP contribution >= 0.6 is 22.7 Å². The van der Waals surface area contributed by atoms with E-state index in [-0.39, 0.29) is 0 Å². The molecular weight excluding hydrogens is 661 g/mol. The Balaban J connectivity index is 1.17. The first kappa shape index (κ1) is 28.7. The van der Waals surface area contributed by atoms with Crippen molar-refractivity contribution in [1.29, 1.82) is 0 Å². The lowest BCUT2D eigenvalue weighted by Gasteiger charge is -2.08. The lowest BCUT2D eigenvalue weighted by Crippen LogP contribution is -1.94. The highest BCUT2D eigenvalue weighted by molar-refractivity contribution is 7.26. The quantitative estimate of drug-likeness (QED) is 0.185. The number of furan rings is 1. The van der Waals surface area contributed by atoms with Gasteiger partial charge < -0.3 is 4.42 Å². The van der Waals surface area contributed by atoms with Crippen molar-refractivity contribution in [2.45, 2.75) is 0 Å². The number of nitrogens with zero attached hydrogens (tertiary/aromatic N) is 2. The van der Waals surface area contributed by atoms with Crippen LogP contribution in [0.15, 0.2) is 162 Å². The number of hydrogen-bond acceptors (Lipinski definition) is 5. The van der Waals surface area contributed by atoms with Crippen molar-refractivity contribution in [3.05, 3.63) is 158 Å². The lowest BCUT2D eigenvalue weighted by molar-refractivity contribution is 0.667. The van der Waals surface area contributed by atoms with Crippen LogP contribution in [0.3, 0.4) is 0 Å². The minimum atomic E-state index is 0.702. The van der Waals surface area contributed by atoms with E-state index >= 15 is 0 Å². The molecule has 0 radical (unpaired) electrons. The van der Waals surface area contributed by atoms with Crippen molar-refractivity contribution >= 4 is 85.1 Å². The smallest absolute Gasteiger partial charge is 0.180 e. The van der Waals surface area contributed by atoms with Crippen LogP contribution in [0.5, 0.6) is 0 Å². The highest BCUT2D eigenvalue weighted by atomic mass is 32.1. The highest BCUT2D eigenvalue weighted by Crippen LogP contribution is 2.45. The molecule has 51 heavy (non-hydrogen) atoms. The van der Waals surface area contributed by atoms with Crippen LogP contribution < -0.4 is 0 Å². The summed E-state index contributed by atoms with van der Waals surface area (Å²) in [7, 11) is 0. The Kier molecular flexibility index (Phi) is 6.29. The molecule has 0 spiro atoms. The standard InChI is InChI=1S/C46H26N2OS2/c1-2-10-27(11-3-1)28-20-22-29(23-21-28)30-24-25-38-37(26-30)42-43(49-38)41(35-16-8-14-33-31-12-4-6-18-39(31)50-44(33)35)47-46(48-42)36-17-9-15-34-32-13-5-7-19-40(32)51-45(34)36/h1-26H. The predicted octanol–water partition coefficient (Wildman–Crippen LogP) is 13.8. The Labute approximate surface area is 300 Å². The molecule has 0 N–H and O–H groups in total. The summed E-state index contributed by atoms with van der Waals surface area (Å²) in [4.78, 5) is 10.8. The molecule has 7 aromatic carbocycles. The average molecular weight is 687 g/mol. The van der Waals surface area contributed by atoms with Gasteiger partial charge in [-0.05, 0) is 52.6 Å². The van der Waals surface area contributed by atoms with Crippen molar-refractivity contribution in [1.82, 2.24) is 9.97 Å². The summed E-state index contributed by atoms with van der Waals surface area (Å²) in [5, 5.41) is 5.94. The van der Waals surface area contributed by atoms with E-state index in [0.29, 0.717) is 11.4 Å². The minimum Gasteiger partial charge on any atom is -0.452 e. The Hall–Kier alpha value is -6.14. The first-order valence-corrected chi connectivity index (χ1v) is 18.6.